The normalized spacial score (nSPS) is 13.0. The lowest BCUT2D eigenvalue weighted by atomic mass is 10.2. The van der Waals surface area contributed by atoms with E-state index in [1.54, 1.807) is 0 Å². The van der Waals surface area contributed by atoms with Crippen molar-refractivity contribution in [2.45, 2.75) is 29.3 Å². The Morgan fingerprint density at radius 1 is 1.43 bits per heavy atom. The van der Waals surface area contributed by atoms with Gasteiger partial charge in [-0.05, 0) is 19.1 Å². The van der Waals surface area contributed by atoms with E-state index in [-0.39, 0.29) is 6.04 Å². The summed E-state index contributed by atoms with van der Waals surface area (Å²) in [6.45, 7) is 1.92. The minimum absolute atomic E-state index is 0.0257. The molecule has 0 amide bonds. The Morgan fingerprint density at radius 2 is 2.24 bits per heavy atom. The Labute approximate surface area is 128 Å². The highest BCUT2D eigenvalue weighted by molar-refractivity contribution is 7.99. The number of rotatable bonds is 4. The van der Waals surface area contributed by atoms with Crippen molar-refractivity contribution in [2.24, 2.45) is 5.73 Å². The summed E-state index contributed by atoms with van der Waals surface area (Å²) in [5.41, 5.74) is 6.84. The summed E-state index contributed by atoms with van der Waals surface area (Å²) in [7, 11) is 0. The molecule has 2 N–H and O–H groups in total. The van der Waals surface area contributed by atoms with E-state index in [2.05, 4.69) is 4.98 Å². The molecule has 1 aromatic carbocycles. The van der Waals surface area contributed by atoms with Crippen molar-refractivity contribution in [1.82, 2.24) is 9.38 Å². The Kier molecular flexibility index (Phi) is 3.97. The van der Waals surface area contributed by atoms with E-state index >= 15 is 0 Å². The van der Waals surface area contributed by atoms with Crippen LogP contribution in [0.4, 0.5) is 8.78 Å². The summed E-state index contributed by atoms with van der Waals surface area (Å²) in [5.74, 6) is -1.17. The molecule has 3 rings (SSSR count). The fourth-order valence-corrected chi connectivity index (χ4v) is 3.77. The van der Waals surface area contributed by atoms with Gasteiger partial charge in [-0.2, -0.15) is 0 Å². The van der Waals surface area contributed by atoms with Crippen molar-refractivity contribution >= 4 is 28.1 Å². The molecule has 2 heterocycles. The number of hydrogen-bond acceptors (Lipinski definition) is 4. The maximum absolute atomic E-state index is 13.8. The van der Waals surface area contributed by atoms with Crippen LogP contribution in [-0.4, -0.2) is 15.4 Å². The van der Waals surface area contributed by atoms with Crippen LogP contribution in [0.5, 0.6) is 0 Å². The largest absolute Gasteiger partial charge is 0.328 e. The first-order valence-corrected chi connectivity index (χ1v) is 8.07. The van der Waals surface area contributed by atoms with Crippen LogP contribution in [0.15, 0.2) is 39.7 Å². The van der Waals surface area contributed by atoms with Gasteiger partial charge in [-0.25, -0.2) is 13.8 Å². The smallest absolute Gasteiger partial charge is 0.194 e. The zero-order chi connectivity index (χ0) is 15.0. The van der Waals surface area contributed by atoms with Gasteiger partial charge in [0.2, 0.25) is 0 Å². The number of halogens is 2. The molecule has 0 bridgehead atoms. The Bertz CT molecular complexity index is 780. The molecule has 7 heteroatoms. The Hall–Kier alpha value is -1.44. The predicted molar refractivity (Wildman–Crippen MR) is 80.9 cm³/mol. The monoisotopic (exact) mass is 325 g/mol. The quantitative estimate of drug-likeness (QED) is 0.795. The van der Waals surface area contributed by atoms with Crippen LogP contribution in [0, 0.1) is 11.6 Å². The molecule has 3 aromatic rings. The third kappa shape index (κ3) is 2.95. The van der Waals surface area contributed by atoms with E-state index in [9.17, 15) is 8.78 Å². The summed E-state index contributed by atoms with van der Waals surface area (Å²) >= 11 is 2.71. The molecule has 110 valence electrons. The van der Waals surface area contributed by atoms with Crippen molar-refractivity contribution in [3.05, 3.63) is 47.1 Å². The number of aromatic nitrogens is 2. The number of benzene rings is 1. The number of fused-ring (bicyclic) bond motifs is 1. The van der Waals surface area contributed by atoms with E-state index in [4.69, 9.17) is 5.73 Å². The number of imidazole rings is 1. The summed E-state index contributed by atoms with van der Waals surface area (Å²) in [6.07, 6.45) is 2.57. The SMILES string of the molecule is CC(N)Cc1c(Sc2ccc(F)cc2F)nc2sccn12. The van der Waals surface area contributed by atoms with Crippen LogP contribution < -0.4 is 5.73 Å². The molecule has 2 aromatic heterocycles. The standard InChI is InChI=1S/C14H13F2N3S2/c1-8(17)6-11-13(18-14-19(11)4-5-20-14)21-12-3-2-9(15)7-10(12)16/h2-5,7-8H,6,17H2,1H3. The van der Waals surface area contributed by atoms with Crippen molar-refractivity contribution in [1.29, 1.82) is 0 Å². The van der Waals surface area contributed by atoms with E-state index in [1.807, 2.05) is 22.9 Å². The molecule has 3 nitrogen and oxygen atoms in total. The van der Waals surface area contributed by atoms with Crippen LogP contribution in [-0.2, 0) is 6.42 Å². The van der Waals surface area contributed by atoms with Gasteiger partial charge in [-0.3, -0.25) is 4.40 Å². The van der Waals surface area contributed by atoms with E-state index in [1.165, 1.54) is 35.2 Å². The molecule has 1 unspecified atom stereocenters. The summed E-state index contributed by atoms with van der Waals surface area (Å²) in [6, 6.07) is 3.53. The highest BCUT2D eigenvalue weighted by Gasteiger charge is 2.17. The topological polar surface area (TPSA) is 43.3 Å². The lowest BCUT2D eigenvalue weighted by molar-refractivity contribution is 0.565. The summed E-state index contributed by atoms with van der Waals surface area (Å²) < 4.78 is 28.7. The van der Waals surface area contributed by atoms with Crippen molar-refractivity contribution in [3.63, 3.8) is 0 Å². The molecule has 0 saturated heterocycles. The maximum Gasteiger partial charge on any atom is 0.194 e. The second-order valence-corrected chi connectivity index (χ2v) is 6.68. The summed E-state index contributed by atoms with van der Waals surface area (Å²) in [5, 5.41) is 2.66. The maximum atomic E-state index is 13.8. The number of nitrogens with two attached hydrogens (primary N) is 1. The Balaban J connectivity index is 2.01. The minimum atomic E-state index is -0.585. The van der Waals surface area contributed by atoms with Crippen LogP contribution in [0.25, 0.3) is 4.96 Å². The average molecular weight is 325 g/mol. The fourth-order valence-electron chi connectivity index (χ4n) is 2.05. The van der Waals surface area contributed by atoms with E-state index in [0.29, 0.717) is 16.3 Å². The van der Waals surface area contributed by atoms with Gasteiger partial charge < -0.3 is 5.73 Å². The number of nitrogens with zero attached hydrogens (tertiary/aromatic N) is 2. The molecule has 21 heavy (non-hydrogen) atoms. The van der Waals surface area contributed by atoms with Gasteiger partial charge in [-0.15, -0.1) is 11.3 Å². The lowest BCUT2D eigenvalue weighted by Crippen LogP contribution is -2.19. The molecule has 0 spiro atoms. The van der Waals surface area contributed by atoms with Gasteiger partial charge in [0, 0.05) is 35.0 Å². The minimum Gasteiger partial charge on any atom is -0.328 e. The van der Waals surface area contributed by atoms with Crippen LogP contribution in [0.2, 0.25) is 0 Å². The first-order valence-electron chi connectivity index (χ1n) is 6.37. The zero-order valence-electron chi connectivity index (χ0n) is 11.2. The van der Waals surface area contributed by atoms with Gasteiger partial charge in [0.1, 0.15) is 16.7 Å². The van der Waals surface area contributed by atoms with Gasteiger partial charge in [0.15, 0.2) is 4.96 Å². The van der Waals surface area contributed by atoms with Gasteiger partial charge in [0.05, 0.1) is 5.69 Å². The predicted octanol–water partition coefficient (Wildman–Crippen LogP) is 3.71. The molecular weight excluding hydrogens is 312 g/mol. The molecule has 1 atom stereocenters. The van der Waals surface area contributed by atoms with Crippen molar-refractivity contribution in [2.75, 3.05) is 0 Å². The van der Waals surface area contributed by atoms with Crippen LogP contribution in [0.3, 0.4) is 0 Å². The molecule has 0 fully saturated rings. The average Bonchev–Trinajstić information content (AvgIpc) is 2.96. The number of thiazole rings is 1. The third-order valence-electron chi connectivity index (χ3n) is 2.94. The van der Waals surface area contributed by atoms with Gasteiger partial charge in [-0.1, -0.05) is 11.8 Å². The first-order chi connectivity index (χ1) is 10.0. The van der Waals surface area contributed by atoms with E-state index < -0.39 is 11.6 Å². The second-order valence-electron chi connectivity index (χ2n) is 4.78. The van der Waals surface area contributed by atoms with Crippen LogP contribution >= 0.6 is 23.1 Å². The van der Waals surface area contributed by atoms with Gasteiger partial charge in [0.25, 0.3) is 0 Å². The van der Waals surface area contributed by atoms with Crippen LogP contribution in [0.1, 0.15) is 12.6 Å². The Morgan fingerprint density at radius 3 is 2.95 bits per heavy atom. The molecule has 0 aliphatic carbocycles. The highest BCUT2D eigenvalue weighted by Crippen LogP contribution is 2.34. The molecule has 0 aliphatic heterocycles. The molecule has 0 aliphatic rings. The first kappa shape index (κ1) is 14.5. The molecular formula is C14H13F2N3S2. The number of hydrogen-bond donors (Lipinski definition) is 1. The van der Waals surface area contributed by atoms with Crippen molar-refractivity contribution < 1.29 is 8.78 Å². The van der Waals surface area contributed by atoms with Gasteiger partial charge >= 0.3 is 0 Å². The lowest BCUT2D eigenvalue weighted by Gasteiger charge is -2.07. The summed E-state index contributed by atoms with van der Waals surface area (Å²) in [4.78, 5) is 5.71. The molecule has 0 radical (unpaired) electrons. The highest BCUT2D eigenvalue weighted by atomic mass is 32.2. The second kappa shape index (κ2) is 5.75. The third-order valence-corrected chi connectivity index (χ3v) is 4.77. The molecule has 0 saturated carbocycles. The fraction of sp³-hybridized carbons (Fsp3) is 0.214. The van der Waals surface area contributed by atoms with Crippen molar-refractivity contribution in [3.8, 4) is 0 Å². The zero-order valence-corrected chi connectivity index (χ0v) is 12.8. The van der Waals surface area contributed by atoms with E-state index in [0.717, 1.165) is 16.7 Å².